The smallest absolute Gasteiger partial charge is 0.278 e. The Hall–Kier alpha value is -1.93. The molecule has 0 unspecified atom stereocenters. The molecule has 4 N–H and O–H groups in total. The molecule has 2 aromatic heterocycles. The van der Waals surface area contributed by atoms with E-state index in [1.54, 1.807) is 0 Å². The van der Waals surface area contributed by atoms with Gasteiger partial charge in [0.25, 0.3) is 5.56 Å². The van der Waals surface area contributed by atoms with E-state index in [9.17, 15) is 15.0 Å². The molecule has 0 aromatic carbocycles. The standard InChI is InChI=1S/C15H21N5O3/c21-7-14(3-1-4-14)20(15(8-22)5-2-6-15)13-18-11-10(12(23)19-13)16-9-17-11/h9,21-22H,1-8H2,(H2,16,17,18,19,23). The van der Waals surface area contributed by atoms with E-state index in [0.717, 1.165) is 38.5 Å². The van der Waals surface area contributed by atoms with Crippen LogP contribution in [0.3, 0.4) is 0 Å². The van der Waals surface area contributed by atoms with Crippen LogP contribution in [0.2, 0.25) is 0 Å². The molecule has 8 heteroatoms. The first-order chi connectivity index (χ1) is 11.1. The van der Waals surface area contributed by atoms with Crippen molar-refractivity contribution < 1.29 is 10.2 Å². The molecule has 2 saturated carbocycles. The summed E-state index contributed by atoms with van der Waals surface area (Å²) >= 11 is 0. The highest BCUT2D eigenvalue weighted by molar-refractivity contribution is 5.70. The van der Waals surface area contributed by atoms with Crippen molar-refractivity contribution in [1.82, 2.24) is 19.9 Å². The molecule has 23 heavy (non-hydrogen) atoms. The van der Waals surface area contributed by atoms with Crippen LogP contribution < -0.4 is 10.5 Å². The average molecular weight is 319 g/mol. The summed E-state index contributed by atoms with van der Waals surface area (Å²) in [5.74, 6) is 0.400. The summed E-state index contributed by atoms with van der Waals surface area (Å²) < 4.78 is 0. The molecule has 0 aliphatic heterocycles. The minimum Gasteiger partial charge on any atom is -0.394 e. The van der Waals surface area contributed by atoms with Crippen LogP contribution in [0.4, 0.5) is 5.95 Å². The third kappa shape index (κ3) is 1.94. The fraction of sp³-hybridized carbons (Fsp3) is 0.667. The number of aliphatic hydroxyl groups is 2. The number of rotatable bonds is 5. The van der Waals surface area contributed by atoms with Crippen LogP contribution in [0.1, 0.15) is 38.5 Å². The summed E-state index contributed by atoms with van der Waals surface area (Å²) in [5.41, 5.74) is -0.500. The topological polar surface area (TPSA) is 118 Å². The number of H-pyrrole nitrogens is 2. The van der Waals surface area contributed by atoms with Crippen molar-refractivity contribution in [2.24, 2.45) is 0 Å². The van der Waals surface area contributed by atoms with Gasteiger partial charge in [0.15, 0.2) is 11.2 Å². The maximum absolute atomic E-state index is 12.3. The molecule has 0 saturated heterocycles. The van der Waals surface area contributed by atoms with E-state index in [1.807, 2.05) is 4.90 Å². The lowest BCUT2D eigenvalue weighted by Gasteiger charge is -2.60. The highest BCUT2D eigenvalue weighted by Gasteiger charge is 2.54. The van der Waals surface area contributed by atoms with Crippen molar-refractivity contribution in [2.75, 3.05) is 18.1 Å². The maximum atomic E-state index is 12.3. The highest BCUT2D eigenvalue weighted by atomic mass is 16.3. The van der Waals surface area contributed by atoms with E-state index in [-0.39, 0.29) is 18.8 Å². The normalized spacial score (nSPS) is 21.7. The number of hydrogen-bond donors (Lipinski definition) is 4. The number of aromatic amines is 2. The zero-order valence-electron chi connectivity index (χ0n) is 12.9. The first-order valence-corrected chi connectivity index (χ1v) is 8.10. The molecule has 2 aromatic rings. The molecule has 124 valence electrons. The zero-order valence-corrected chi connectivity index (χ0v) is 12.9. The van der Waals surface area contributed by atoms with Crippen LogP contribution in [-0.4, -0.2) is 54.4 Å². The molecular weight excluding hydrogens is 298 g/mol. The predicted octanol–water partition coefficient (Wildman–Crippen LogP) is 0.283. The first kappa shape index (κ1) is 14.6. The van der Waals surface area contributed by atoms with Crippen molar-refractivity contribution in [3.8, 4) is 0 Å². The molecule has 4 rings (SSSR count). The fourth-order valence-corrected chi connectivity index (χ4v) is 3.96. The molecule has 0 spiro atoms. The van der Waals surface area contributed by atoms with Gasteiger partial charge >= 0.3 is 0 Å². The fourth-order valence-electron chi connectivity index (χ4n) is 3.96. The van der Waals surface area contributed by atoms with E-state index in [4.69, 9.17) is 0 Å². The summed E-state index contributed by atoms with van der Waals surface area (Å²) in [5, 5.41) is 20.0. The van der Waals surface area contributed by atoms with Crippen LogP contribution in [0, 0.1) is 0 Å². The lowest BCUT2D eigenvalue weighted by atomic mass is 9.68. The minimum atomic E-state index is -0.455. The van der Waals surface area contributed by atoms with E-state index < -0.39 is 11.1 Å². The van der Waals surface area contributed by atoms with E-state index in [0.29, 0.717) is 17.1 Å². The average Bonchev–Trinajstić information content (AvgIpc) is 2.93. The van der Waals surface area contributed by atoms with Crippen molar-refractivity contribution >= 4 is 17.1 Å². The van der Waals surface area contributed by atoms with Crippen LogP contribution in [0.5, 0.6) is 0 Å². The largest absolute Gasteiger partial charge is 0.394 e. The Bertz CT molecular complexity index is 742. The second kappa shape index (κ2) is 5.04. The maximum Gasteiger partial charge on any atom is 0.278 e. The molecule has 0 atom stereocenters. The Morgan fingerprint density at radius 3 is 2.22 bits per heavy atom. The van der Waals surface area contributed by atoms with Gasteiger partial charge in [-0.15, -0.1) is 0 Å². The number of hydrogen-bond acceptors (Lipinski definition) is 6. The van der Waals surface area contributed by atoms with Crippen molar-refractivity contribution in [3.05, 3.63) is 16.7 Å². The molecule has 0 radical (unpaired) electrons. The van der Waals surface area contributed by atoms with Crippen molar-refractivity contribution in [1.29, 1.82) is 0 Å². The van der Waals surface area contributed by atoms with Crippen LogP contribution >= 0.6 is 0 Å². The lowest BCUT2D eigenvalue weighted by Crippen LogP contribution is -2.70. The van der Waals surface area contributed by atoms with E-state index in [1.165, 1.54) is 6.33 Å². The Labute approximate surface area is 132 Å². The predicted molar refractivity (Wildman–Crippen MR) is 84.3 cm³/mol. The molecule has 2 fully saturated rings. The van der Waals surface area contributed by atoms with Gasteiger partial charge in [0.2, 0.25) is 5.95 Å². The molecule has 0 amide bonds. The number of nitrogens with one attached hydrogen (secondary N) is 2. The van der Waals surface area contributed by atoms with Gasteiger partial charge in [-0.25, -0.2) is 4.98 Å². The monoisotopic (exact) mass is 319 g/mol. The highest BCUT2D eigenvalue weighted by Crippen LogP contribution is 2.49. The molecule has 0 bridgehead atoms. The Kier molecular flexibility index (Phi) is 3.21. The van der Waals surface area contributed by atoms with Crippen molar-refractivity contribution in [2.45, 2.75) is 49.6 Å². The second-order valence-corrected chi connectivity index (χ2v) is 6.80. The zero-order chi connectivity index (χ0) is 16.1. The van der Waals surface area contributed by atoms with Gasteiger partial charge in [-0.05, 0) is 38.5 Å². The third-order valence-electron chi connectivity index (χ3n) is 5.60. The minimum absolute atomic E-state index is 0.0168. The molecule has 2 aliphatic carbocycles. The number of aliphatic hydroxyl groups excluding tert-OH is 2. The van der Waals surface area contributed by atoms with Crippen molar-refractivity contribution in [3.63, 3.8) is 0 Å². The van der Waals surface area contributed by atoms with Crippen LogP contribution in [0.15, 0.2) is 11.1 Å². The molecule has 2 aliphatic rings. The van der Waals surface area contributed by atoms with Gasteiger partial charge in [-0.1, -0.05) is 0 Å². The van der Waals surface area contributed by atoms with Gasteiger partial charge in [0.05, 0.1) is 30.6 Å². The number of aromatic nitrogens is 4. The Morgan fingerprint density at radius 1 is 1.13 bits per heavy atom. The Balaban J connectivity index is 1.88. The number of anilines is 1. The summed E-state index contributed by atoms with van der Waals surface area (Å²) in [6, 6.07) is 0. The summed E-state index contributed by atoms with van der Waals surface area (Å²) in [4.78, 5) is 28.5. The van der Waals surface area contributed by atoms with Crippen LogP contribution in [-0.2, 0) is 0 Å². The molecule has 8 nitrogen and oxygen atoms in total. The molecular formula is C15H21N5O3. The van der Waals surface area contributed by atoms with Gasteiger partial charge in [0.1, 0.15) is 0 Å². The first-order valence-electron chi connectivity index (χ1n) is 8.10. The Morgan fingerprint density at radius 2 is 1.74 bits per heavy atom. The van der Waals surface area contributed by atoms with Gasteiger partial charge in [-0.3, -0.25) is 9.78 Å². The number of nitrogens with zero attached hydrogens (tertiary/aromatic N) is 3. The lowest BCUT2D eigenvalue weighted by molar-refractivity contribution is 0.0349. The number of fused-ring (bicyclic) bond motifs is 1. The van der Waals surface area contributed by atoms with Gasteiger partial charge in [-0.2, -0.15) is 4.98 Å². The van der Waals surface area contributed by atoms with Crippen LogP contribution in [0.25, 0.3) is 11.2 Å². The third-order valence-corrected chi connectivity index (χ3v) is 5.60. The summed E-state index contributed by atoms with van der Waals surface area (Å²) in [6.07, 6.45) is 6.79. The van der Waals surface area contributed by atoms with Gasteiger partial charge < -0.3 is 20.1 Å². The molecule has 2 heterocycles. The van der Waals surface area contributed by atoms with E-state index >= 15 is 0 Å². The quantitative estimate of drug-likeness (QED) is 0.629. The van der Waals surface area contributed by atoms with Gasteiger partial charge in [0, 0.05) is 0 Å². The number of imidazole rings is 1. The van der Waals surface area contributed by atoms with E-state index in [2.05, 4.69) is 19.9 Å². The summed E-state index contributed by atoms with van der Waals surface area (Å²) in [7, 11) is 0. The SMILES string of the molecule is O=c1[nH]c(N(C2(CO)CCC2)C2(CO)CCC2)nc2nc[nH]c12. The summed E-state index contributed by atoms with van der Waals surface area (Å²) in [6.45, 7) is -0.0336. The second-order valence-electron chi connectivity index (χ2n) is 6.80.